The molecular weight excluding hydrogens is 515 g/mol. The number of benzene rings is 3. The van der Waals surface area contributed by atoms with E-state index in [1.54, 1.807) is 12.1 Å². The molecule has 3 aromatic carbocycles. The normalized spacial score (nSPS) is 14.0. The number of aromatic nitrogens is 3. The van der Waals surface area contributed by atoms with Crippen LogP contribution >= 0.6 is 0 Å². The third kappa shape index (κ3) is 6.33. The third-order valence-corrected chi connectivity index (χ3v) is 7.68. The van der Waals surface area contributed by atoms with Gasteiger partial charge < -0.3 is 18.8 Å². The standard InChI is InChI=1S/C33H35FN6O/c34-28-12-14-29(15-13-28)41-22-6-17-39-30-9-4-5-10-31(30)40(33(39)35)25-27-11-16-32(36-23-27)38-20-18-37(19-21-38)24-26-7-2-1-3-8-26/h1-5,7-16,23,35H,6,17-22,24-25H2. The Kier molecular flexibility index (Phi) is 8.09. The van der Waals surface area contributed by atoms with E-state index >= 15 is 0 Å². The highest BCUT2D eigenvalue weighted by atomic mass is 19.1. The molecule has 1 aliphatic rings. The minimum Gasteiger partial charge on any atom is -0.494 e. The zero-order valence-corrected chi connectivity index (χ0v) is 23.1. The largest absolute Gasteiger partial charge is 0.494 e. The number of hydrogen-bond acceptors (Lipinski definition) is 5. The van der Waals surface area contributed by atoms with Gasteiger partial charge in [-0.25, -0.2) is 9.37 Å². The lowest BCUT2D eigenvalue weighted by Crippen LogP contribution is -2.46. The van der Waals surface area contributed by atoms with Crippen LogP contribution in [0.3, 0.4) is 0 Å². The number of aryl methyl sites for hydroxylation is 1. The fourth-order valence-electron chi connectivity index (χ4n) is 5.48. The van der Waals surface area contributed by atoms with E-state index in [4.69, 9.17) is 15.1 Å². The monoisotopic (exact) mass is 550 g/mol. The van der Waals surface area contributed by atoms with Crippen LogP contribution in [0.1, 0.15) is 17.5 Å². The van der Waals surface area contributed by atoms with Crippen LogP contribution in [0.25, 0.3) is 11.0 Å². The molecule has 210 valence electrons. The minimum atomic E-state index is -0.276. The van der Waals surface area contributed by atoms with Crippen LogP contribution in [0.2, 0.25) is 0 Å². The maximum Gasteiger partial charge on any atom is 0.203 e. The van der Waals surface area contributed by atoms with Gasteiger partial charge in [-0.1, -0.05) is 48.5 Å². The summed E-state index contributed by atoms with van der Waals surface area (Å²) in [7, 11) is 0. The number of pyridine rings is 1. The lowest BCUT2D eigenvalue weighted by molar-refractivity contribution is 0.249. The lowest BCUT2D eigenvalue weighted by Gasteiger charge is -2.35. The van der Waals surface area contributed by atoms with Crippen LogP contribution in [-0.4, -0.2) is 51.8 Å². The number of nitrogens with one attached hydrogen (secondary N) is 1. The third-order valence-electron chi connectivity index (χ3n) is 7.68. The summed E-state index contributed by atoms with van der Waals surface area (Å²) >= 11 is 0. The van der Waals surface area contributed by atoms with Crippen LogP contribution in [0.5, 0.6) is 5.75 Å². The summed E-state index contributed by atoms with van der Waals surface area (Å²) in [5.41, 5.74) is 4.92. The highest BCUT2D eigenvalue weighted by Gasteiger charge is 2.18. The molecule has 7 nitrogen and oxygen atoms in total. The van der Waals surface area contributed by atoms with E-state index in [-0.39, 0.29) is 5.82 Å². The molecule has 1 N–H and O–H groups in total. The molecule has 0 aliphatic carbocycles. The van der Waals surface area contributed by atoms with E-state index < -0.39 is 0 Å². The fraction of sp³-hybridized carbons (Fsp3) is 0.273. The first kappa shape index (κ1) is 26.8. The molecule has 1 saturated heterocycles. The second-order valence-electron chi connectivity index (χ2n) is 10.5. The van der Waals surface area contributed by atoms with Crippen molar-refractivity contribution in [2.45, 2.75) is 26.1 Å². The number of hydrogen-bond donors (Lipinski definition) is 1. The topological polar surface area (TPSA) is 62.3 Å². The first-order chi connectivity index (χ1) is 20.1. The Balaban J connectivity index is 1.08. The predicted octanol–water partition coefficient (Wildman–Crippen LogP) is 5.30. The zero-order valence-electron chi connectivity index (χ0n) is 23.1. The number of anilines is 1. The predicted molar refractivity (Wildman–Crippen MR) is 160 cm³/mol. The number of ether oxygens (including phenoxy) is 1. The molecule has 8 heteroatoms. The summed E-state index contributed by atoms with van der Waals surface area (Å²) in [5, 5.41) is 8.96. The molecular formula is C33H35FN6O. The number of nitrogens with zero attached hydrogens (tertiary/aromatic N) is 5. The van der Waals surface area contributed by atoms with Crippen molar-refractivity contribution in [1.82, 2.24) is 19.0 Å². The Morgan fingerprint density at radius 1 is 0.732 bits per heavy atom. The molecule has 0 saturated carbocycles. The van der Waals surface area contributed by atoms with Gasteiger partial charge in [0.2, 0.25) is 5.62 Å². The van der Waals surface area contributed by atoms with Crippen LogP contribution in [0, 0.1) is 11.2 Å². The maximum absolute atomic E-state index is 13.1. The van der Waals surface area contributed by atoms with E-state index in [2.05, 4.69) is 64.4 Å². The summed E-state index contributed by atoms with van der Waals surface area (Å²) in [6, 6.07) is 29.1. The zero-order chi connectivity index (χ0) is 28.0. The molecule has 0 bridgehead atoms. The Labute approximate surface area is 239 Å². The quantitative estimate of drug-likeness (QED) is 0.240. The highest BCUT2D eigenvalue weighted by molar-refractivity contribution is 5.76. The van der Waals surface area contributed by atoms with Gasteiger partial charge in [0, 0.05) is 45.5 Å². The second-order valence-corrected chi connectivity index (χ2v) is 10.5. The second kappa shape index (κ2) is 12.4. The lowest BCUT2D eigenvalue weighted by atomic mass is 10.2. The van der Waals surface area contributed by atoms with Gasteiger partial charge in [-0.05, 0) is 60.0 Å². The van der Waals surface area contributed by atoms with Gasteiger partial charge in [-0.3, -0.25) is 10.3 Å². The molecule has 0 atom stereocenters. The molecule has 0 unspecified atom stereocenters. The summed E-state index contributed by atoms with van der Waals surface area (Å²) in [4.78, 5) is 9.66. The summed E-state index contributed by atoms with van der Waals surface area (Å²) < 4.78 is 23.0. The minimum absolute atomic E-state index is 0.276. The van der Waals surface area contributed by atoms with E-state index in [1.165, 1.54) is 17.7 Å². The van der Waals surface area contributed by atoms with Crippen LogP contribution < -0.4 is 15.3 Å². The first-order valence-corrected chi connectivity index (χ1v) is 14.2. The van der Waals surface area contributed by atoms with Crippen molar-refractivity contribution in [2.24, 2.45) is 0 Å². The summed E-state index contributed by atoms with van der Waals surface area (Å²) in [6.45, 7) is 6.67. The van der Waals surface area contributed by atoms with E-state index in [0.717, 1.165) is 61.6 Å². The SMILES string of the molecule is N=c1n(CCCOc2ccc(F)cc2)c2ccccc2n1Cc1ccc(N2CCN(Cc3ccccc3)CC2)nc1. The van der Waals surface area contributed by atoms with Crippen molar-refractivity contribution in [1.29, 1.82) is 5.41 Å². The Bertz CT molecular complexity index is 1620. The molecule has 3 heterocycles. The number of imidazole rings is 1. The van der Waals surface area contributed by atoms with E-state index in [9.17, 15) is 4.39 Å². The molecule has 0 amide bonds. The fourth-order valence-corrected chi connectivity index (χ4v) is 5.48. The van der Waals surface area contributed by atoms with Gasteiger partial charge in [0.05, 0.1) is 24.2 Å². The van der Waals surface area contributed by atoms with Gasteiger partial charge in [-0.2, -0.15) is 0 Å². The number of piperazine rings is 1. The van der Waals surface area contributed by atoms with Gasteiger partial charge in [0.25, 0.3) is 0 Å². The molecule has 2 aromatic heterocycles. The molecule has 0 spiro atoms. The van der Waals surface area contributed by atoms with Crippen molar-refractivity contribution in [3.05, 3.63) is 120 Å². The first-order valence-electron chi connectivity index (χ1n) is 14.2. The van der Waals surface area contributed by atoms with Gasteiger partial charge in [0.1, 0.15) is 17.4 Å². The number of para-hydroxylation sites is 2. The van der Waals surface area contributed by atoms with Crippen molar-refractivity contribution >= 4 is 16.9 Å². The van der Waals surface area contributed by atoms with Crippen molar-refractivity contribution in [3.8, 4) is 5.75 Å². The van der Waals surface area contributed by atoms with Crippen molar-refractivity contribution in [3.63, 3.8) is 0 Å². The molecule has 6 rings (SSSR count). The molecule has 41 heavy (non-hydrogen) atoms. The highest BCUT2D eigenvalue weighted by Crippen LogP contribution is 2.19. The van der Waals surface area contributed by atoms with Gasteiger partial charge in [0.15, 0.2) is 0 Å². The molecule has 0 radical (unpaired) electrons. The van der Waals surface area contributed by atoms with E-state index in [1.807, 2.05) is 27.5 Å². The average Bonchev–Trinajstić information content (AvgIpc) is 3.27. The Morgan fingerprint density at radius 2 is 1.44 bits per heavy atom. The maximum atomic E-state index is 13.1. The molecule has 5 aromatic rings. The van der Waals surface area contributed by atoms with Crippen molar-refractivity contribution < 1.29 is 9.13 Å². The summed E-state index contributed by atoms with van der Waals surface area (Å²) in [6.07, 6.45) is 2.68. The number of fused-ring (bicyclic) bond motifs is 1. The average molecular weight is 551 g/mol. The summed E-state index contributed by atoms with van der Waals surface area (Å²) in [5.74, 6) is 1.38. The molecule has 1 aliphatic heterocycles. The van der Waals surface area contributed by atoms with Crippen LogP contribution in [-0.2, 0) is 19.6 Å². The van der Waals surface area contributed by atoms with E-state index in [0.29, 0.717) is 31.1 Å². The Hall–Kier alpha value is -4.43. The van der Waals surface area contributed by atoms with Crippen molar-refractivity contribution in [2.75, 3.05) is 37.7 Å². The van der Waals surface area contributed by atoms with Gasteiger partial charge in [-0.15, -0.1) is 0 Å². The van der Waals surface area contributed by atoms with Crippen LogP contribution in [0.4, 0.5) is 10.2 Å². The van der Waals surface area contributed by atoms with Gasteiger partial charge >= 0.3 is 0 Å². The smallest absolute Gasteiger partial charge is 0.203 e. The van der Waals surface area contributed by atoms with Crippen LogP contribution in [0.15, 0.2) is 97.2 Å². The number of rotatable bonds is 10. The number of halogens is 1. The Morgan fingerprint density at radius 3 is 2.15 bits per heavy atom. The molecule has 1 fully saturated rings.